The third-order valence-electron chi connectivity index (χ3n) is 2.95. The molecule has 0 aliphatic heterocycles. The lowest BCUT2D eigenvalue weighted by Crippen LogP contribution is -2.06. The first kappa shape index (κ1) is 15.8. The van der Waals surface area contributed by atoms with Crippen molar-refractivity contribution >= 4 is 17.4 Å². The summed E-state index contributed by atoms with van der Waals surface area (Å²) in [6.45, 7) is 3.73. The summed E-state index contributed by atoms with van der Waals surface area (Å²) in [4.78, 5) is 0.197. The van der Waals surface area contributed by atoms with E-state index >= 15 is 0 Å². The molecule has 2 nitrogen and oxygen atoms in total. The molecule has 2 rings (SSSR count). The lowest BCUT2D eigenvalue weighted by atomic mass is 10.3. The summed E-state index contributed by atoms with van der Waals surface area (Å²) in [6, 6.07) is 10.3. The molecule has 1 aromatic carbocycles. The van der Waals surface area contributed by atoms with Gasteiger partial charge in [0.1, 0.15) is 0 Å². The Kier molecular flexibility index (Phi) is 5.22. The summed E-state index contributed by atoms with van der Waals surface area (Å²) < 4.78 is 38.9. The molecule has 0 fully saturated rings. The highest BCUT2D eigenvalue weighted by Crippen LogP contribution is 2.37. The van der Waals surface area contributed by atoms with Gasteiger partial charge in [-0.2, -0.15) is 13.2 Å². The fraction of sp³-hybridized carbons (Fsp3) is 0.333. The Morgan fingerprint density at radius 1 is 1.14 bits per heavy atom. The van der Waals surface area contributed by atoms with Gasteiger partial charge in [0, 0.05) is 29.0 Å². The van der Waals surface area contributed by atoms with Crippen LogP contribution >= 0.6 is 11.8 Å². The number of nitrogens with zero attached hydrogens (tertiary/aromatic N) is 1. The van der Waals surface area contributed by atoms with Crippen LogP contribution in [0.25, 0.3) is 0 Å². The summed E-state index contributed by atoms with van der Waals surface area (Å²) >= 11 is -0.0976. The van der Waals surface area contributed by atoms with E-state index in [1.165, 1.54) is 12.1 Å². The smallest absolute Gasteiger partial charge is 0.379 e. The molecule has 1 aromatic heterocycles. The van der Waals surface area contributed by atoms with Crippen molar-refractivity contribution in [3.05, 3.63) is 48.3 Å². The van der Waals surface area contributed by atoms with Gasteiger partial charge in [0.25, 0.3) is 0 Å². The molecule has 1 heterocycles. The van der Waals surface area contributed by atoms with Crippen LogP contribution in [0.3, 0.4) is 0 Å². The Bertz CT molecular complexity index is 561. The van der Waals surface area contributed by atoms with Gasteiger partial charge >= 0.3 is 5.51 Å². The van der Waals surface area contributed by atoms with Crippen molar-refractivity contribution in [2.24, 2.45) is 0 Å². The fourth-order valence-electron chi connectivity index (χ4n) is 2.04. The Labute approximate surface area is 126 Å². The first-order valence-electron chi connectivity index (χ1n) is 6.71. The largest absolute Gasteiger partial charge is 0.446 e. The minimum Gasteiger partial charge on any atom is -0.379 e. The van der Waals surface area contributed by atoms with E-state index in [2.05, 4.69) is 16.8 Å². The SMILES string of the molecule is CCCn1cccc1CNc1ccc(SC(F)(F)F)cc1. The second kappa shape index (κ2) is 6.93. The second-order valence-electron chi connectivity index (χ2n) is 4.62. The number of thioether (sulfide) groups is 1. The zero-order valence-corrected chi connectivity index (χ0v) is 12.5. The first-order valence-corrected chi connectivity index (χ1v) is 7.53. The summed E-state index contributed by atoms with van der Waals surface area (Å²) in [6.07, 6.45) is 3.09. The predicted molar refractivity (Wildman–Crippen MR) is 80.4 cm³/mol. The van der Waals surface area contributed by atoms with Crippen molar-refractivity contribution in [3.63, 3.8) is 0 Å². The molecule has 21 heavy (non-hydrogen) atoms. The summed E-state index contributed by atoms with van der Waals surface area (Å²) in [7, 11) is 0. The maximum atomic E-state index is 12.2. The number of aryl methyl sites for hydroxylation is 1. The van der Waals surface area contributed by atoms with Crippen LogP contribution in [0.4, 0.5) is 18.9 Å². The highest BCUT2D eigenvalue weighted by Gasteiger charge is 2.28. The van der Waals surface area contributed by atoms with E-state index in [-0.39, 0.29) is 16.7 Å². The molecule has 6 heteroatoms. The van der Waals surface area contributed by atoms with E-state index < -0.39 is 5.51 Å². The predicted octanol–water partition coefficient (Wildman–Crippen LogP) is 5.12. The number of nitrogens with one attached hydrogen (secondary N) is 1. The van der Waals surface area contributed by atoms with Crippen molar-refractivity contribution in [1.82, 2.24) is 4.57 Å². The van der Waals surface area contributed by atoms with E-state index in [4.69, 9.17) is 0 Å². The molecule has 0 saturated heterocycles. The number of alkyl halides is 3. The fourth-order valence-corrected chi connectivity index (χ4v) is 2.58. The third-order valence-corrected chi connectivity index (χ3v) is 3.69. The number of aromatic nitrogens is 1. The number of halogens is 3. The van der Waals surface area contributed by atoms with E-state index in [9.17, 15) is 13.2 Å². The molecule has 0 spiro atoms. The lowest BCUT2D eigenvalue weighted by Gasteiger charge is -2.11. The number of hydrogen-bond acceptors (Lipinski definition) is 2. The molecule has 0 aliphatic rings. The number of hydrogen-bond donors (Lipinski definition) is 1. The minimum atomic E-state index is -4.24. The van der Waals surface area contributed by atoms with Crippen molar-refractivity contribution < 1.29 is 13.2 Å². The average Bonchev–Trinajstić information content (AvgIpc) is 2.84. The average molecular weight is 314 g/mol. The molecule has 0 aliphatic carbocycles. The van der Waals surface area contributed by atoms with Crippen molar-refractivity contribution in [2.75, 3.05) is 5.32 Å². The second-order valence-corrected chi connectivity index (χ2v) is 5.76. The third kappa shape index (κ3) is 5.04. The Morgan fingerprint density at radius 3 is 2.48 bits per heavy atom. The monoisotopic (exact) mass is 314 g/mol. The molecule has 0 unspecified atom stereocenters. The topological polar surface area (TPSA) is 17.0 Å². The van der Waals surface area contributed by atoms with Gasteiger partial charge < -0.3 is 9.88 Å². The lowest BCUT2D eigenvalue weighted by molar-refractivity contribution is -0.0328. The highest BCUT2D eigenvalue weighted by atomic mass is 32.2. The molecular weight excluding hydrogens is 297 g/mol. The molecular formula is C15H17F3N2S. The minimum absolute atomic E-state index is 0.0976. The quantitative estimate of drug-likeness (QED) is 0.745. The maximum Gasteiger partial charge on any atom is 0.446 e. The van der Waals surface area contributed by atoms with Crippen LogP contribution in [0.1, 0.15) is 19.0 Å². The maximum absolute atomic E-state index is 12.2. The van der Waals surface area contributed by atoms with Crippen LogP contribution in [0, 0.1) is 0 Å². The van der Waals surface area contributed by atoms with Crippen LogP contribution in [-0.2, 0) is 13.1 Å². The zero-order chi connectivity index (χ0) is 15.3. The normalized spacial score (nSPS) is 11.6. The van der Waals surface area contributed by atoms with Crippen molar-refractivity contribution in [3.8, 4) is 0 Å². The zero-order valence-electron chi connectivity index (χ0n) is 11.7. The number of anilines is 1. The van der Waals surface area contributed by atoms with Gasteiger partial charge in [0.15, 0.2) is 0 Å². The molecule has 0 amide bonds. The van der Waals surface area contributed by atoms with E-state index in [0.29, 0.717) is 6.54 Å². The summed E-state index contributed by atoms with van der Waals surface area (Å²) in [5, 5.41) is 3.22. The first-order chi connectivity index (χ1) is 9.98. The number of benzene rings is 1. The molecule has 0 bridgehead atoms. The van der Waals surface area contributed by atoms with Crippen LogP contribution in [0.2, 0.25) is 0 Å². The molecule has 114 valence electrons. The molecule has 1 N–H and O–H groups in total. The molecule has 0 saturated carbocycles. The van der Waals surface area contributed by atoms with Crippen molar-refractivity contribution in [2.45, 2.75) is 36.8 Å². The van der Waals surface area contributed by atoms with Crippen molar-refractivity contribution in [1.29, 1.82) is 0 Å². The van der Waals surface area contributed by atoms with E-state index in [1.807, 2.05) is 18.3 Å². The van der Waals surface area contributed by atoms with Gasteiger partial charge in [0.2, 0.25) is 0 Å². The Morgan fingerprint density at radius 2 is 1.86 bits per heavy atom. The van der Waals surface area contributed by atoms with Crippen LogP contribution in [-0.4, -0.2) is 10.1 Å². The van der Waals surface area contributed by atoms with E-state index in [0.717, 1.165) is 24.3 Å². The van der Waals surface area contributed by atoms with Gasteiger partial charge in [-0.15, -0.1) is 0 Å². The van der Waals surface area contributed by atoms with Crippen LogP contribution in [0.15, 0.2) is 47.5 Å². The Hall–Kier alpha value is -1.56. The summed E-state index contributed by atoms with van der Waals surface area (Å²) in [5.41, 5.74) is -2.27. The number of rotatable bonds is 6. The van der Waals surface area contributed by atoms with Gasteiger partial charge in [0.05, 0.1) is 6.54 Å². The van der Waals surface area contributed by atoms with Crippen LogP contribution in [0.5, 0.6) is 0 Å². The van der Waals surface area contributed by atoms with Gasteiger partial charge in [-0.25, -0.2) is 0 Å². The van der Waals surface area contributed by atoms with Gasteiger partial charge in [-0.05, 0) is 54.6 Å². The van der Waals surface area contributed by atoms with Gasteiger partial charge in [-0.3, -0.25) is 0 Å². The van der Waals surface area contributed by atoms with E-state index in [1.54, 1.807) is 12.1 Å². The summed E-state index contributed by atoms with van der Waals surface area (Å²) in [5.74, 6) is 0. The molecule has 2 aromatic rings. The van der Waals surface area contributed by atoms with Crippen LogP contribution < -0.4 is 5.32 Å². The molecule has 0 radical (unpaired) electrons. The standard InChI is InChI=1S/C15H17F3N2S/c1-2-9-20-10-3-4-13(20)11-19-12-5-7-14(8-6-12)21-15(16,17)18/h3-8,10,19H,2,9,11H2,1H3. The van der Waals surface area contributed by atoms with Gasteiger partial charge in [-0.1, -0.05) is 6.92 Å². The highest BCUT2D eigenvalue weighted by molar-refractivity contribution is 8.00. The Balaban J connectivity index is 1.93. The molecule has 0 atom stereocenters.